The minimum absolute atomic E-state index is 0.124. The van der Waals surface area contributed by atoms with Gasteiger partial charge in [-0.25, -0.2) is 4.68 Å². The van der Waals surface area contributed by atoms with Gasteiger partial charge >= 0.3 is 0 Å². The van der Waals surface area contributed by atoms with Gasteiger partial charge < -0.3 is 5.32 Å². The molecule has 146 valence electrons. The van der Waals surface area contributed by atoms with Crippen molar-refractivity contribution >= 4 is 46.6 Å². The van der Waals surface area contributed by atoms with Crippen LogP contribution in [-0.2, 0) is 4.79 Å². The number of amides is 1. The Hall–Kier alpha value is -2.81. The fourth-order valence-electron chi connectivity index (χ4n) is 2.61. The molecule has 3 aromatic heterocycles. The summed E-state index contributed by atoms with van der Waals surface area (Å²) in [7, 11) is 0. The monoisotopic (exact) mass is 444 g/mol. The van der Waals surface area contributed by atoms with E-state index in [9.17, 15) is 4.79 Å². The van der Waals surface area contributed by atoms with Crippen LogP contribution >= 0.6 is 35.0 Å². The SMILES string of the molecule is O=C(CSc1nnc(-c2ccncc2)n1-n1cccc1)Nc1cc(Cl)ccc1Cl. The smallest absolute Gasteiger partial charge is 0.234 e. The minimum atomic E-state index is -0.230. The second-order valence-electron chi connectivity index (χ2n) is 5.88. The first-order valence-electron chi connectivity index (χ1n) is 8.49. The van der Waals surface area contributed by atoms with E-state index in [4.69, 9.17) is 23.2 Å². The third kappa shape index (κ3) is 4.45. The molecule has 4 rings (SSSR count). The van der Waals surface area contributed by atoms with E-state index in [1.165, 1.54) is 11.8 Å². The highest BCUT2D eigenvalue weighted by Crippen LogP contribution is 2.27. The van der Waals surface area contributed by atoms with E-state index in [-0.39, 0.29) is 11.7 Å². The van der Waals surface area contributed by atoms with E-state index in [1.807, 2.05) is 46.0 Å². The summed E-state index contributed by atoms with van der Waals surface area (Å²) in [6, 6.07) is 12.4. The van der Waals surface area contributed by atoms with E-state index in [1.54, 1.807) is 30.6 Å². The number of halogens is 2. The predicted octanol–water partition coefficient (Wildman–Crippen LogP) is 4.49. The lowest BCUT2D eigenvalue weighted by molar-refractivity contribution is -0.113. The maximum absolute atomic E-state index is 12.4. The fourth-order valence-corrected chi connectivity index (χ4v) is 3.68. The third-order valence-corrected chi connectivity index (χ3v) is 5.39. The number of carbonyl (C=O) groups excluding carboxylic acids is 1. The average Bonchev–Trinajstić information content (AvgIpc) is 3.39. The number of carbonyl (C=O) groups is 1. The molecule has 3 heterocycles. The number of pyridine rings is 1. The Morgan fingerprint density at radius 2 is 1.83 bits per heavy atom. The standard InChI is InChI=1S/C19H14Cl2N6OS/c20-14-3-4-15(21)16(11-14)23-17(28)12-29-19-25-24-18(13-5-7-22-8-6-13)27(19)26-9-1-2-10-26/h1-11H,12H2,(H,23,28). The van der Waals surface area contributed by atoms with Crippen LogP contribution in [0.25, 0.3) is 11.4 Å². The third-order valence-electron chi connectivity index (χ3n) is 3.91. The average molecular weight is 445 g/mol. The molecule has 1 amide bonds. The summed E-state index contributed by atoms with van der Waals surface area (Å²) < 4.78 is 3.68. The number of benzene rings is 1. The van der Waals surface area contributed by atoms with Crippen molar-refractivity contribution in [2.45, 2.75) is 5.16 Å². The van der Waals surface area contributed by atoms with Crippen LogP contribution in [0.4, 0.5) is 5.69 Å². The maximum atomic E-state index is 12.4. The Bertz CT molecular complexity index is 1130. The van der Waals surface area contributed by atoms with Crippen molar-refractivity contribution in [1.29, 1.82) is 0 Å². The summed E-state index contributed by atoms with van der Waals surface area (Å²) >= 11 is 13.3. The summed E-state index contributed by atoms with van der Waals surface area (Å²) in [5.74, 6) is 0.537. The summed E-state index contributed by atoms with van der Waals surface area (Å²) in [4.78, 5) is 16.5. The van der Waals surface area contributed by atoms with Crippen molar-refractivity contribution in [1.82, 2.24) is 24.5 Å². The number of rotatable bonds is 6. The molecule has 1 aromatic carbocycles. The van der Waals surface area contributed by atoms with Crippen molar-refractivity contribution in [2.24, 2.45) is 0 Å². The first-order valence-corrected chi connectivity index (χ1v) is 10.2. The Labute approximate surface area is 180 Å². The fraction of sp³-hybridized carbons (Fsp3) is 0.0526. The molecule has 0 aliphatic carbocycles. The van der Waals surface area contributed by atoms with E-state index in [0.29, 0.717) is 26.7 Å². The van der Waals surface area contributed by atoms with Gasteiger partial charge in [0.15, 0.2) is 5.82 Å². The maximum Gasteiger partial charge on any atom is 0.234 e. The van der Waals surface area contributed by atoms with Crippen molar-refractivity contribution in [2.75, 3.05) is 11.1 Å². The van der Waals surface area contributed by atoms with Crippen LogP contribution in [0.15, 0.2) is 72.4 Å². The predicted molar refractivity (Wildman–Crippen MR) is 114 cm³/mol. The van der Waals surface area contributed by atoms with Crippen LogP contribution in [0, 0.1) is 0 Å². The van der Waals surface area contributed by atoms with Crippen LogP contribution < -0.4 is 5.32 Å². The molecular formula is C19H14Cl2N6OS. The van der Waals surface area contributed by atoms with E-state index < -0.39 is 0 Å². The zero-order valence-corrected chi connectivity index (χ0v) is 17.2. The molecule has 0 atom stereocenters. The number of hydrogen-bond acceptors (Lipinski definition) is 5. The van der Waals surface area contributed by atoms with Gasteiger partial charge in [0.1, 0.15) is 0 Å². The highest BCUT2D eigenvalue weighted by molar-refractivity contribution is 7.99. The second-order valence-corrected chi connectivity index (χ2v) is 7.66. The molecule has 7 nitrogen and oxygen atoms in total. The molecule has 1 N–H and O–H groups in total. The van der Waals surface area contributed by atoms with Crippen molar-refractivity contribution < 1.29 is 4.79 Å². The van der Waals surface area contributed by atoms with Gasteiger partial charge in [-0.15, -0.1) is 10.2 Å². The topological polar surface area (TPSA) is 77.6 Å². The van der Waals surface area contributed by atoms with Gasteiger partial charge in [0.2, 0.25) is 11.1 Å². The Morgan fingerprint density at radius 3 is 2.59 bits per heavy atom. The number of hydrogen-bond donors (Lipinski definition) is 1. The Morgan fingerprint density at radius 1 is 1.07 bits per heavy atom. The van der Waals surface area contributed by atoms with Crippen LogP contribution in [0.1, 0.15) is 0 Å². The van der Waals surface area contributed by atoms with E-state index in [0.717, 1.165) is 5.56 Å². The van der Waals surface area contributed by atoms with Crippen molar-refractivity contribution in [3.8, 4) is 11.4 Å². The lowest BCUT2D eigenvalue weighted by atomic mass is 10.2. The molecule has 0 radical (unpaired) electrons. The van der Waals surface area contributed by atoms with Crippen LogP contribution in [0.5, 0.6) is 0 Å². The molecule has 0 unspecified atom stereocenters. The summed E-state index contributed by atoms with van der Waals surface area (Å²) in [6.45, 7) is 0. The number of nitrogens with one attached hydrogen (secondary N) is 1. The van der Waals surface area contributed by atoms with E-state index >= 15 is 0 Å². The van der Waals surface area contributed by atoms with Crippen LogP contribution in [0.3, 0.4) is 0 Å². The van der Waals surface area contributed by atoms with Gasteiger partial charge in [-0.3, -0.25) is 14.5 Å². The van der Waals surface area contributed by atoms with Crippen LogP contribution in [-0.4, -0.2) is 36.2 Å². The van der Waals surface area contributed by atoms with Gasteiger partial charge in [-0.05, 0) is 42.5 Å². The van der Waals surface area contributed by atoms with Gasteiger partial charge in [-0.2, -0.15) is 0 Å². The lowest BCUT2D eigenvalue weighted by Gasteiger charge is -2.11. The van der Waals surface area contributed by atoms with Gasteiger partial charge in [0.25, 0.3) is 0 Å². The zero-order chi connectivity index (χ0) is 20.2. The molecule has 4 aromatic rings. The summed E-state index contributed by atoms with van der Waals surface area (Å²) in [6.07, 6.45) is 7.14. The molecule has 0 saturated heterocycles. The first kappa shape index (κ1) is 19.5. The molecular weight excluding hydrogens is 431 g/mol. The quantitative estimate of drug-likeness (QED) is 0.443. The number of aromatic nitrogens is 5. The molecule has 0 aliphatic heterocycles. The Balaban J connectivity index is 1.55. The number of anilines is 1. The van der Waals surface area contributed by atoms with E-state index in [2.05, 4.69) is 20.5 Å². The molecule has 0 bridgehead atoms. The van der Waals surface area contributed by atoms with Crippen LogP contribution in [0.2, 0.25) is 10.0 Å². The van der Waals surface area contributed by atoms with Gasteiger partial charge in [-0.1, -0.05) is 35.0 Å². The first-order chi connectivity index (χ1) is 14.1. The summed E-state index contributed by atoms with van der Waals surface area (Å²) in [5.41, 5.74) is 1.33. The molecule has 0 fully saturated rings. The largest absolute Gasteiger partial charge is 0.324 e. The normalized spacial score (nSPS) is 10.8. The van der Waals surface area contributed by atoms with Crippen molar-refractivity contribution in [3.05, 3.63) is 77.3 Å². The lowest BCUT2D eigenvalue weighted by Crippen LogP contribution is -2.16. The number of thioether (sulfide) groups is 1. The highest BCUT2D eigenvalue weighted by atomic mass is 35.5. The zero-order valence-electron chi connectivity index (χ0n) is 14.9. The van der Waals surface area contributed by atoms with Crippen molar-refractivity contribution in [3.63, 3.8) is 0 Å². The van der Waals surface area contributed by atoms with Gasteiger partial charge in [0.05, 0.1) is 16.5 Å². The minimum Gasteiger partial charge on any atom is -0.324 e. The molecule has 0 aliphatic rings. The number of nitrogens with zero attached hydrogens (tertiary/aromatic N) is 5. The van der Waals surface area contributed by atoms with Gasteiger partial charge in [0, 0.05) is 35.4 Å². The molecule has 0 spiro atoms. The highest BCUT2D eigenvalue weighted by Gasteiger charge is 2.17. The molecule has 10 heteroatoms. The second kappa shape index (κ2) is 8.69. The Kier molecular flexibility index (Phi) is 5.84. The molecule has 0 saturated carbocycles. The molecule has 29 heavy (non-hydrogen) atoms. The summed E-state index contributed by atoms with van der Waals surface area (Å²) in [5, 5.41) is 12.8.